The monoisotopic (exact) mass is 798 g/mol. The van der Waals surface area contributed by atoms with E-state index >= 15 is 4.39 Å². The molecule has 5 fully saturated rings. The zero-order valence-corrected chi connectivity index (χ0v) is 32.8. The molecular weight excluding hydrogens is 747 g/mol. The number of carbonyl (C=O) groups is 4. The van der Waals surface area contributed by atoms with Crippen LogP contribution in [-0.4, -0.2) is 108 Å². The standard InChI is InChI=1S/C43H52F2N8O5/c44-35-23-32(47-37-10-11-38(54)49-41(37)56)8-9-34(35)28-12-16-51(17-13-28)25-27-4-6-29(7-5-27)42(57)52-18-14-31(15-19-52)48-43-46-24-36(45)40(50-43)30-2-1-3-33(22-30)53-20-21-58-26-39(53)55/h1-3,8-9,22-24,27-29,31,37,47H,4-7,10-21,25-26H2,(H,46,48,50)(H,49,54,56). The third-order valence-electron chi connectivity index (χ3n) is 12.6. The van der Waals surface area contributed by atoms with Gasteiger partial charge in [-0.25, -0.2) is 18.7 Å². The van der Waals surface area contributed by atoms with Gasteiger partial charge in [0.05, 0.1) is 12.8 Å². The lowest BCUT2D eigenvalue weighted by Gasteiger charge is -2.38. The van der Waals surface area contributed by atoms with Crippen LogP contribution in [0.4, 0.5) is 26.1 Å². The number of nitrogens with zero attached hydrogens (tertiary/aromatic N) is 5. The molecule has 1 saturated carbocycles. The van der Waals surface area contributed by atoms with Crippen LogP contribution in [0.1, 0.15) is 75.7 Å². The number of hydrogen-bond donors (Lipinski definition) is 3. The Balaban J connectivity index is 0.755. The predicted molar refractivity (Wildman–Crippen MR) is 214 cm³/mol. The van der Waals surface area contributed by atoms with E-state index in [0.29, 0.717) is 67.0 Å². The summed E-state index contributed by atoms with van der Waals surface area (Å²) in [6.07, 6.45) is 8.94. The largest absolute Gasteiger partial charge is 0.374 e. The molecule has 8 rings (SSSR count). The van der Waals surface area contributed by atoms with Crippen molar-refractivity contribution in [2.24, 2.45) is 11.8 Å². The van der Waals surface area contributed by atoms with Gasteiger partial charge in [0, 0.05) is 61.5 Å². The Morgan fingerprint density at radius 1 is 0.862 bits per heavy atom. The van der Waals surface area contributed by atoms with Gasteiger partial charge in [-0.05, 0) is 113 Å². The molecule has 5 aliphatic rings. The van der Waals surface area contributed by atoms with Crippen LogP contribution in [0.15, 0.2) is 48.7 Å². The first-order valence-electron chi connectivity index (χ1n) is 20.9. The van der Waals surface area contributed by atoms with Crippen LogP contribution < -0.4 is 20.9 Å². The quantitative estimate of drug-likeness (QED) is 0.237. The highest BCUT2D eigenvalue weighted by atomic mass is 19.1. The number of rotatable bonds is 10. The molecule has 308 valence electrons. The average Bonchev–Trinajstić information content (AvgIpc) is 3.23. The molecule has 4 saturated heterocycles. The molecule has 1 aromatic heterocycles. The first-order chi connectivity index (χ1) is 28.2. The Morgan fingerprint density at radius 2 is 1.66 bits per heavy atom. The molecule has 1 atom stereocenters. The molecular formula is C43H52F2N8O5. The minimum absolute atomic E-state index is 0.0223. The van der Waals surface area contributed by atoms with Crippen molar-refractivity contribution in [3.05, 3.63) is 65.9 Å². The van der Waals surface area contributed by atoms with Crippen LogP contribution in [-0.2, 0) is 23.9 Å². The zero-order chi connectivity index (χ0) is 40.2. The number of amides is 4. The van der Waals surface area contributed by atoms with E-state index in [-0.39, 0.29) is 66.0 Å². The molecule has 0 radical (unpaired) electrons. The minimum Gasteiger partial charge on any atom is -0.374 e. The number of piperidine rings is 3. The second-order valence-electron chi connectivity index (χ2n) is 16.5. The molecule has 1 aliphatic carbocycles. The number of anilines is 3. The number of halogens is 2. The van der Waals surface area contributed by atoms with E-state index in [4.69, 9.17) is 4.74 Å². The lowest BCUT2D eigenvalue weighted by atomic mass is 9.80. The molecule has 2 aromatic carbocycles. The Labute approximate surface area is 337 Å². The lowest BCUT2D eigenvalue weighted by Crippen LogP contribution is -2.47. The second kappa shape index (κ2) is 17.9. The number of ether oxygens (including phenoxy) is 1. The Kier molecular flexibility index (Phi) is 12.3. The molecule has 0 bridgehead atoms. The maximum atomic E-state index is 15.2. The smallest absolute Gasteiger partial charge is 0.253 e. The van der Waals surface area contributed by atoms with Crippen molar-refractivity contribution in [2.75, 3.05) is 68.0 Å². The van der Waals surface area contributed by atoms with Gasteiger partial charge in [-0.2, -0.15) is 0 Å². The van der Waals surface area contributed by atoms with Gasteiger partial charge in [-0.3, -0.25) is 24.5 Å². The fraction of sp³-hybridized carbons (Fsp3) is 0.535. The molecule has 4 aliphatic heterocycles. The van der Waals surface area contributed by atoms with Gasteiger partial charge >= 0.3 is 0 Å². The van der Waals surface area contributed by atoms with Crippen molar-refractivity contribution in [3.63, 3.8) is 0 Å². The minimum atomic E-state index is -0.547. The third-order valence-corrected chi connectivity index (χ3v) is 12.6. The van der Waals surface area contributed by atoms with Gasteiger partial charge in [-0.15, -0.1) is 0 Å². The SMILES string of the molecule is O=C1CCC(Nc2ccc(C3CCN(CC4CCC(C(=O)N5CCC(Nc6ncc(F)c(-c7cccc(N8CCOCC8=O)c7)n6)CC5)CC4)CC3)c(F)c2)C(=O)N1. The number of imide groups is 1. The second-order valence-corrected chi connectivity index (χ2v) is 16.5. The fourth-order valence-corrected chi connectivity index (χ4v) is 9.30. The van der Waals surface area contributed by atoms with E-state index < -0.39 is 11.9 Å². The van der Waals surface area contributed by atoms with Gasteiger partial charge in [0.25, 0.3) is 5.91 Å². The van der Waals surface area contributed by atoms with Crippen LogP contribution in [0, 0.1) is 23.5 Å². The van der Waals surface area contributed by atoms with Crippen molar-refractivity contribution < 1.29 is 32.7 Å². The van der Waals surface area contributed by atoms with Crippen molar-refractivity contribution in [1.29, 1.82) is 0 Å². The summed E-state index contributed by atoms with van der Waals surface area (Å²) in [5.41, 5.74) is 2.64. The Hall–Kier alpha value is -5.02. The van der Waals surface area contributed by atoms with E-state index in [2.05, 4.69) is 30.8 Å². The van der Waals surface area contributed by atoms with Gasteiger partial charge in [0.1, 0.15) is 24.2 Å². The lowest BCUT2D eigenvalue weighted by molar-refractivity contribution is -0.138. The van der Waals surface area contributed by atoms with E-state index in [1.165, 1.54) is 12.3 Å². The Bertz CT molecular complexity index is 1990. The molecule has 3 aromatic rings. The first-order valence-corrected chi connectivity index (χ1v) is 20.9. The normalized spacial score (nSPS) is 24.1. The van der Waals surface area contributed by atoms with Crippen LogP contribution in [0.25, 0.3) is 11.3 Å². The van der Waals surface area contributed by atoms with Crippen LogP contribution >= 0.6 is 0 Å². The molecule has 58 heavy (non-hydrogen) atoms. The molecule has 13 nitrogen and oxygen atoms in total. The molecule has 5 heterocycles. The number of carbonyl (C=O) groups excluding carboxylic acids is 4. The summed E-state index contributed by atoms with van der Waals surface area (Å²) in [7, 11) is 0. The maximum absolute atomic E-state index is 15.2. The van der Waals surface area contributed by atoms with Crippen molar-refractivity contribution >= 4 is 41.0 Å². The maximum Gasteiger partial charge on any atom is 0.253 e. The van der Waals surface area contributed by atoms with Gasteiger partial charge < -0.3 is 30.1 Å². The number of morpholine rings is 1. The summed E-state index contributed by atoms with van der Waals surface area (Å²) in [4.78, 5) is 64.4. The van der Waals surface area contributed by atoms with Gasteiger partial charge in [0.15, 0.2) is 5.82 Å². The summed E-state index contributed by atoms with van der Waals surface area (Å²) >= 11 is 0. The van der Waals surface area contributed by atoms with Gasteiger partial charge in [-0.1, -0.05) is 18.2 Å². The Morgan fingerprint density at radius 3 is 2.40 bits per heavy atom. The summed E-state index contributed by atoms with van der Waals surface area (Å²) in [5, 5.41) is 8.76. The predicted octanol–water partition coefficient (Wildman–Crippen LogP) is 5.09. The number of hydrogen-bond acceptors (Lipinski definition) is 10. The first kappa shape index (κ1) is 39.8. The molecule has 3 N–H and O–H groups in total. The van der Waals surface area contributed by atoms with E-state index in [1.54, 1.807) is 23.1 Å². The summed E-state index contributed by atoms with van der Waals surface area (Å²) < 4.78 is 35.5. The summed E-state index contributed by atoms with van der Waals surface area (Å²) in [6, 6.07) is 11.8. The van der Waals surface area contributed by atoms with E-state index in [9.17, 15) is 23.6 Å². The fourth-order valence-electron chi connectivity index (χ4n) is 9.30. The highest BCUT2D eigenvalue weighted by Gasteiger charge is 2.34. The van der Waals surface area contributed by atoms with Crippen LogP contribution in [0.5, 0.6) is 0 Å². The van der Waals surface area contributed by atoms with Crippen molar-refractivity contribution in [3.8, 4) is 11.3 Å². The highest BCUT2D eigenvalue weighted by molar-refractivity contribution is 6.01. The molecule has 4 amide bonds. The number of aromatic nitrogens is 2. The molecule has 15 heteroatoms. The van der Waals surface area contributed by atoms with E-state index in [0.717, 1.165) is 71.0 Å². The topological polar surface area (TPSA) is 149 Å². The van der Waals surface area contributed by atoms with Crippen molar-refractivity contribution in [1.82, 2.24) is 25.1 Å². The van der Waals surface area contributed by atoms with Crippen LogP contribution in [0.2, 0.25) is 0 Å². The summed E-state index contributed by atoms with van der Waals surface area (Å²) in [6.45, 7) is 5.03. The number of likely N-dealkylation sites (tertiary alicyclic amines) is 2. The van der Waals surface area contributed by atoms with E-state index in [1.807, 2.05) is 23.1 Å². The summed E-state index contributed by atoms with van der Waals surface area (Å²) in [5.74, 6) is -0.280. The van der Waals surface area contributed by atoms with Gasteiger partial charge in [0.2, 0.25) is 23.7 Å². The highest BCUT2D eigenvalue weighted by Crippen LogP contribution is 2.35. The molecule has 1 unspecified atom stereocenters. The number of benzene rings is 2. The van der Waals surface area contributed by atoms with Crippen molar-refractivity contribution in [2.45, 2.75) is 82.2 Å². The molecule has 0 spiro atoms. The van der Waals surface area contributed by atoms with Crippen LogP contribution in [0.3, 0.4) is 0 Å². The number of nitrogens with one attached hydrogen (secondary N) is 3. The zero-order valence-electron chi connectivity index (χ0n) is 32.8. The third kappa shape index (κ3) is 9.31. The average molecular weight is 799 g/mol.